The second-order valence-corrected chi connectivity index (χ2v) is 6.43. The molecule has 0 saturated carbocycles. The lowest BCUT2D eigenvalue weighted by atomic mass is 10.2. The molecule has 2 rings (SSSR count). The summed E-state index contributed by atoms with van der Waals surface area (Å²) in [5.41, 5.74) is 1.93. The summed E-state index contributed by atoms with van der Waals surface area (Å²) in [6, 6.07) is 13.7. The minimum Gasteiger partial charge on any atom is -0.493 e. The fourth-order valence-corrected chi connectivity index (χ4v) is 2.46. The van der Waals surface area contributed by atoms with Crippen molar-refractivity contribution in [3.05, 3.63) is 48.0 Å². The average molecular weight is 499 g/mol. The third-order valence-electron chi connectivity index (χ3n) is 3.86. The summed E-state index contributed by atoms with van der Waals surface area (Å²) in [5, 5.41) is 6.57. The highest BCUT2D eigenvalue weighted by Gasteiger charge is 2.08. The van der Waals surface area contributed by atoms with Crippen molar-refractivity contribution in [2.75, 3.05) is 33.2 Å². The maximum atomic E-state index is 5.91. The maximum Gasteiger partial charge on any atom is 0.195 e. The van der Waals surface area contributed by atoms with Gasteiger partial charge in [0.05, 0.1) is 20.8 Å². The Kier molecular flexibility index (Phi) is 10.5. The summed E-state index contributed by atoms with van der Waals surface area (Å²) in [6.45, 7) is 5.56. The van der Waals surface area contributed by atoms with Crippen LogP contribution in [0.15, 0.2) is 47.5 Å². The molecule has 0 saturated heterocycles. The van der Waals surface area contributed by atoms with Gasteiger partial charge in [-0.3, -0.25) is 4.99 Å². The Balaban J connectivity index is 0.00000392. The zero-order valence-corrected chi connectivity index (χ0v) is 19.4. The Morgan fingerprint density at radius 3 is 2.36 bits per heavy atom. The number of hydrogen-bond acceptors (Lipinski definition) is 4. The number of aliphatic imine (C=N–C) groups is 1. The van der Waals surface area contributed by atoms with Crippen LogP contribution in [0, 0.1) is 5.92 Å². The van der Waals surface area contributed by atoms with Gasteiger partial charge in [-0.05, 0) is 24.1 Å². The van der Waals surface area contributed by atoms with Crippen molar-refractivity contribution in [3.63, 3.8) is 0 Å². The molecule has 2 aromatic carbocycles. The molecule has 0 atom stereocenters. The quantitative estimate of drug-likeness (QED) is 0.317. The fraction of sp³-hybridized carbons (Fsp3) is 0.381. The Hall–Kier alpha value is -2.16. The van der Waals surface area contributed by atoms with Gasteiger partial charge in [0.1, 0.15) is 5.75 Å². The first-order valence-electron chi connectivity index (χ1n) is 8.97. The van der Waals surface area contributed by atoms with E-state index in [1.165, 1.54) is 0 Å². The number of halogens is 1. The van der Waals surface area contributed by atoms with Gasteiger partial charge in [-0.2, -0.15) is 0 Å². The van der Waals surface area contributed by atoms with Crippen LogP contribution < -0.4 is 24.8 Å². The van der Waals surface area contributed by atoms with Crippen LogP contribution in [0.4, 0.5) is 5.69 Å². The zero-order chi connectivity index (χ0) is 19.6. The molecule has 0 fully saturated rings. The number of benzene rings is 2. The van der Waals surface area contributed by atoms with E-state index >= 15 is 0 Å². The van der Waals surface area contributed by atoms with Gasteiger partial charge in [-0.15, -0.1) is 24.0 Å². The molecular formula is C21H30IN3O3. The lowest BCUT2D eigenvalue weighted by Gasteiger charge is -2.16. The van der Waals surface area contributed by atoms with Crippen molar-refractivity contribution in [3.8, 4) is 17.2 Å². The van der Waals surface area contributed by atoms with E-state index in [-0.39, 0.29) is 24.0 Å². The summed E-state index contributed by atoms with van der Waals surface area (Å²) in [4.78, 5) is 4.28. The lowest BCUT2D eigenvalue weighted by Crippen LogP contribution is -2.30. The van der Waals surface area contributed by atoms with E-state index in [2.05, 4.69) is 29.5 Å². The molecule has 0 aliphatic carbocycles. The van der Waals surface area contributed by atoms with Crippen molar-refractivity contribution in [1.29, 1.82) is 0 Å². The fourth-order valence-electron chi connectivity index (χ4n) is 2.46. The van der Waals surface area contributed by atoms with Crippen LogP contribution in [0.3, 0.4) is 0 Å². The molecule has 0 amide bonds. The van der Waals surface area contributed by atoms with Crippen molar-refractivity contribution in [2.24, 2.45) is 10.9 Å². The van der Waals surface area contributed by atoms with Crippen molar-refractivity contribution < 1.29 is 14.2 Å². The molecule has 0 heterocycles. The summed E-state index contributed by atoms with van der Waals surface area (Å²) in [5.74, 6) is 3.36. The lowest BCUT2D eigenvalue weighted by molar-refractivity contribution is 0.268. The number of nitrogens with zero attached hydrogens (tertiary/aromatic N) is 1. The standard InChI is InChI=1S/C21H29N3O3.HI/c1-15(2)14-27-18-9-7-6-8-16(18)13-23-21(22-3)24-17-10-11-19(25-4)20(12-17)26-5;/h6-12,15H,13-14H2,1-5H3,(H2,22,23,24);1H. The molecule has 2 aromatic rings. The molecule has 0 aliphatic rings. The maximum absolute atomic E-state index is 5.91. The van der Waals surface area contributed by atoms with E-state index in [0.29, 0.717) is 36.5 Å². The summed E-state index contributed by atoms with van der Waals surface area (Å²) in [6.07, 6.45) is 0. The topological polar surface area (TPSA) is 64.1 Å². The number of hydrogen-bond donors (Lipinski definition) is 2. The summed E-state index contributed by atoms with van der Waals surface area (Å²) in [7, 11) is 4.96. The number of nitrogens with one attached hydrogen (secondary N) is 2. The number of rotatable bonds is 8. The van der Waals surface area contributed by atoms with Gasteiger partial charge in [0, 0.05) is 30.9 Å². The van der Waals surface area contributed by atoms with Crippen LogP contribution >= 0.6 is 24.0 Å². The normalized spacial score (nSPS) is 10.9. The molecule has 6 nitrogen and oxygen atoms in total. The third kappa shape index (κ3) is 7.10. The molecule has 154 valence electrons. The van der Waals surface area contributed by atoms with E-state index in [9.17, 15) is 0 Å². The SMILES string of the molecule is CN=C(NCc1ccccc1OCC(C)C)Nc1ccc(OC)c(OC)c1.I. The van der Waals surface area contributed by atoms with Crippen LogP contribution in [-0.4, -0.2) is 33.8 Å². The van der Waals surface area contributed by atoms with Gasteiger partial charge in [0.25, 0.3) is 0 Å². The van der Waals surface area contributed by atoms with E-state index in [1.54, 1.807) is 21.3 Å². The largest absolute Gasteiger partial charge is 0.493 e. The monoisotopic (exact) mass is 499 g/mol. The number of ether oxygens (including phenoxy) is 3. The molecular weight excluding hydrogens is 469 g/mol. The van der Waals surface area contributed by atoms with Crippen LogP contribution in [0.1, 0.15) is 19.4 Å². The zero-order valence-electron chi connectivity index (χ0n) is 17.1. The van der Waals surface area contributed by atoms with Gasteiger partial charge in [0.2, 0.25) is 0 Å². The Labute approximate surface area is 184 Å². The second-order valence-electron chi connectivity index (χ2n) is 6.43. The molecule has 0 aromatic heterocycles. The van der Waals surface area contributed by atoms with E-state index in [1.807, 2.05) is 42.5 Å². The first-order valence-corrected chi connectivity index (χ1v) is 8.97. The van der Waals surface area contributed by atoms with E-state index in [4.69, 9.17) is 14.2 Å². The highest BCUT2D eigenvalue weighted by molar-refractivity contribution is 14.0. The number of methoxy groups -OCH3 is 2. The van der Waals surface area contributed by atoms with E-state index in [0.717, 1.165) is 17.0 Å². The van der Waals surface area contributed by atoms with Crippen LogP contribution in [-0.2, 0) is 6.54 Å². The predicted molar refractivity (Wildman–Crippen MR) is 126 cm³/mol. The molecule has 0 spiro atoms. The first kappa shape index (κ1) is 23.9. The average Bonchev–Trinajstić information content (AvgIpc) is 2.69. The summed E-state index contributed by atoms with van der Waals surface area (Å²) >= 11 is 0. The number of para-hydroxylation sites is 1. The van der Waals surface area contributed by atoms with Crippen molar-refractivity contribution in [1.82, 2.24) is 5.32 Å². The smallest absolute Gasteiger partial charge is 0.195 e. The van der Waals surface area contributed by atoms with Gasteiger partial charge in [-0.1, -0.05) is 32.0 Å². The molecule has 0 unspecified atom stereocenters. The first-order chi connectivity index (χ1) is 13.1. The second kappa shape index (κ2) is 12.3. The molecule has 0 bridgehead atoms. The molecule has 0 aliphatic heterocycles. The highest BCUT2D eigenvalue weighted by atomic mass is 127. The van der Waals surface area contributed by atoms with Gasteiger partial charge in [0.15, 0.2) is 17.5 Å². The van der Waals surface area contributed by atoms with Crippen molar-refractivity contribution in [2.45, 2.75) is 20.4 Å². The summed E-state index contributed by atoms with van der Waals surface area (Å²) < 4.78 is 16.5. The van der Waals surface area contributed by atoms with Crippen LogP contribution in [0.2, 0.25) is 0 Å². The molecule has 0 radical (unpaired) electrons. The van der Waals surface area contributed by atoms with Crippen molar-refractivity contribution >= 4 is 35.6 Å². The molecule has 7 heteroatoms. The minimum absolute atomic E-state index is 0. The number of guanidine groups is 1. The Morgan fingerprint density at radius 2 is 1.71 bits per heavy atom. The molecule has 28 heavy (non-hydrogen) atoms. The molecule has 2 N–H and O–H groups in total. The van der Waals surface area contributed by atoms with Crippen LogP contribution in [0.25, 0.3) is 0 Å². The van der Waals surface area contributed by atoms with Gasteiger partial charge < -0.3 is 24.8 Å². The van der Waals surface area contributed by atoms with Gasteiger partial charge >= 0.3 is 0 Å². The Morgan fingerprint density at radius 1 is 1.00 bits per heavy atom. The predicted octanol–water partition coefficient (Wildman–Crippen LogP) is 4.54. The third-order valence-corrected chi connectivity index (χ3v) is 3.86. The highest BCUT2D eigenvalue weighted by Crippen LogP contribution is 2.29. The Bertz CT molecular complexity index is 766. The minimum atomic E-state index is 0. The van der Waals surface area contributed by atoms with E-state index < -0.39 is 0 Å². The number of anilines is 1. The van der Waals surface area contributed by atoms with Gasteiger partial charge in [-0.25, -0.2) is 0 Å². The van der Waals surface area contributed by atoms with Crippen LogP contribution in [0.5, 0.6) is 17.2 Å².